The number of hydrogen-bond acceptors (Lipinski definition) is 6. The van der Waals surface area contributed by atoms with Gasteiger partial charge in [-0.2, -0.15) is 0 Å². The first-order chi connectivity index (χ1) is 14.0. The lowest BCUT2D eigenvalue weighted by Crippen LogP contribution is -2.34. The van der Waals surface area contributed by atoms with Gasteiger partial charge in [0.2, 0.25) is 5.78 Å². The van der Waals surface area contributed by atoms with Crippen molar-refractivity contribution < 1.29 is 4.74 Å². The Kier molecular flexibility index (Phi) is 6.04. The van der Waals surface area contributed by atoms with Crippen molar-refractivity contribution in [1.29, 1.82) is 0 Å². The minimum absolute atomic E-state index is 0.0221. The zero-order valence-corrected chi connectivity index (χ0v) is 19.4. The highest BCUT2D eigenvalue weighted by Gasteiger charge is 2.33. The lowest BCUT2D eigenvalue weighted by atomic mass is 9.90. The summed E-state index contributed by atoms with van der Waals surface area (Å²) in [6, 6.07) is 0. The van der Waals surface area contributed by atoms with Crippen LogP contribution in [-0.4, -0.2) is 30.5 Å². The summed E-state index contributed by atoms with van der Waals surface area (Å²) in [5.74, 6) is 1.64. The highest BCUT2D eigenvalue weighted by molar-refractivity contribution is 7.99. The zero-order valence-electron chi connectivity index (χ0n) is 17.8. The van der Waals surface area contributed by atoms with Crippen LogP contribution in [0.25, 0.3) is 16.0 Å². The Morgan fingerprint density at radius 3 is 2.76 bits per heavy atom. The summed E-state index contributed by atoms with van der Waals surface area (Å²) in [7, 11) is 1.80. The Hall–Kier alpha value is -1.38. The monoisotopic (exact) mass is 434 g/mol. The second-order valence-electron chi connectivity index (χ2n) is 8.20. The van der Waals surface area contributed by atoms with E-state index in [1.807, 2.05) is 0 Å². The number of thioether (sulfide) groups is 1. The maximum Gasteiger partial charge on any atom is 0.263 e. The standard InChI is InChI=1S/C21H30N4O2S2/c1-5-7-8-9-10-11-28-20-23-22-19-24(4)17(26)16-14-12-21(3,6-2)27-13-15(14)29-18(16)25(19)20/h5-13H2,1-4H3. The number of aromatic nitrogens is 4. The van der Waals surface area contributed by atoms with Gasteiger partial charge in [-0.1, -0.05) is 51.3 Å². The molecule has 0 radical (unpaired) electrons. The Morgan fingerprint density at radius 1 is 1.21 bits per heavy atom. The molecule has 0 fully saturated rings. The zero-order chi connectivity index (χ0) is 20.6. The van der Waals surface area contributed by atoms with Crippen LogP contribution in [0, 0.1) is 0 Å². The Morgan fingerprint density at radius 2 is 2.00 bits per heavy atom. The predicted octanol–water partition coefficient (Wildman–Crippen LogP) is 4.95. The number of unbranched alkanes of at least 4 members (excludes halogenated alkanes) is 4. The van der Waals surface area contributed by atoms with Gasteiger partial charge in [0.25, 0.3) is 5.56 Å². The molecule has 0 bridgehead atoms. The third-order valence-corrected chi connectivity index (χ3v) is 8.25. The molecule has 1 aliphatic rings. The Balaban J connectivity index is 1.73. The van der Waals surface area contributed by atoms with E-state index in [1.165, 1.54) is 37.0 Å². The molecule has 3 aromatic rings. The van der Waals surface area contributed by atoms with Crippen molar-refractivity contribution in [3.63, 3.8) is 0 Å². The van der Waals surface area contributed by atoms with Crippen LogP contribution in [0.15, 0.2) is 9.95 Å². The molecule has 4 heterocycles. The molecule has 8 heteroatoms. The number of aryl methyl sites for hydroxylation is 1. The number of thiophene rings is 1. The molecule has 6 nitrogen and oxygen atoms in total. The summed E-state index contributed by atoms with van der Waals surface area (Å²) in [5.41, 5.74) is 0.978. The second kappa shape index (κ2) is 8.40. The van der Waals surface area contributed by atoms with Crippen molar-refractivity contribution in [3.8, 4) is 0 Å². The summed E-state index contributed by atoms with van der Waals surface area (Å²) >= 11 is 3.41. The molecular formula is C21H30N4O2S2. The summed E-state index contributed by atoms with van der Waals surface area (Å²) in [6.45, 7) is 7.10. The average Bonchev–Trinajstić information content (AvgIpc) is 3.30. The maximum absolute atomic E-state index is 13.2. The van der Waals surface area contributed by atoms with Crippen molar-refractivity contribution in [2.24, 2.45) is 7.05 Å². The van der Waals surface area contributed by atoms with Gasteiger partial charge >= 0.3 is 0 Å². The maximum atomic E-state index is 13.2. The van der Waals surface area contributed by atoms with Gasteiger partial charge in [0.1, 0.15) is 4.83 Å². The van der Waals surface area contributed by atoms with Gasteiger partial charge in [-0.3, -0.25) is 9.36 Å². The smallest absolute Gasteiger partial charge is 0.263 e. The quantitative estimate of drug-likeness (QED) is 0.371. The van der Waals surface area contributed by atoms with Crippen molar-refractivity contribution >= 4 is 39.1 Å². The van der Waals surface area contributed by atoms with E-state index in [4.69, 9.17) is 4.74 Å². The lowest BCUT2D eigenvalue weighted by Gasteiger charge is -2.32. The van der Waals surface area contributed by atoms with Crippen LogP contribution in [0.5, 0.6) is 0 Å². The molecule has 0 saturated heterocycles. The molecule has 158 valence electrons. The van der Waals surface area contributed by atoms with Crippen molar-refractivity contribution in [2.45, 2.75) is 83.1 Å². The third-order valence-electron chi connectivity index (χ3n) is 6.04. The molecule has 29 heavy (non-hydrogen) atoms. The van der Waals surface area contributed by atoms with E-state index in [2.05, 4.69) is 35.4 Å². The molecule has 0 aliphatic carbocycles. The van der Waals surface area contributed by atoms with Gasteiger partial charge < -0.3 is 4.74 Å². The first-order valence-corrected chi connectivity index (χ1v) is 12.4. The summed E-state index contributed by atoms with van der Waals surface area (Å²) < 4.78 is 9.86. The number of nitrogens with zero attached hydrogens (tertiary/aromatic N) is 4. The molecule has 3 aromatic heterocycles. The highest BCUT2D eigenvalue weighted by atomic mass is 32.2. The van der Waals surface area contributed by atoms with Gasteiger partial charge in [0.15, 0.2) is 5.16 Å². The van der Waals surface area contributed by atoms with E-state index < -0.39 is 0 Å². The van der Waals surface area contributed by atoms with E-state index in [-0.39, 0.29) is 11.2 Å². The van der Waals surface area contributed by atoms with E-state index in [1.54, 1.807) is 34.7 Å². The minimum atomic E-state index is -0.204. The van der Waals surface area contributed by atoms with Gasteiger partial charge in [-0.25, -0.2) is 4.40 Å². The summed E-state index contributed by atoms with van der Waals surface area (Å²) in [4.78, 5) is 15.3. The van der Waals surface area contributed by atoms with E-state index >= 15 is 0 Å². The second-order valence-corrected chi connectivity index (χ2v) is 10.3. The summed E-state index contributed by atoms with van der Waals surface area (Å²) in [5, 5.41) is 10.5. The Bertz CT molecular complexity index is 1080. The van der Waals surface area contributed by atoms with Gasteiger partial charge in [-0.15, -0.1) is 21.5 Å². The molecule has 1 atom stereocenters. The molecule has 0 N–H and O–H groups in total. The molecule has 4 rings (SSSR count). The van der Waals surface area contributed by atoms with Crippen LogP contribution in [0.3, 0.4) is 0 Å². The first kappa shape index (κ1) is 20.9. The van der Waals surface area contributed by atoms with Crippen LogP contribution >= 0.6 is 23.1 Å². The fourth-order valence-electron chi connectivity index (χ4n) is 3.95. The van der Waals surface area contributed by atoms with Crippen LogP contribution in [0.2, 0.25) is 0 Å². The normalized spacial score (nSPS) is 19.3. The minimum Gasteiger partial charge on any atom is -0.369 e. The largest absolute Gasteiger partial charge is 0.369 e. The fourth-order valence-corrected chi connectivity index (χ4v) is 6.16. The van der Waals surface area contributed by atoms with E-state index in [0.717, 1.165) is 39.5 Å². The fraction of sp³-hybridized carbons (Fsp3) is 0.667. The third kappa shape index (κ3) is 3.75. The van der Waals surface area contributed by atoms with E-state index in [9.17, 15) is 4.79 Å². The molecule has 0 spiro atoms. The first-order valence-electron chi connectivity index (χ1n) is 10.6. The van der Waals surface area contributed by atoms with Crippen molar-refractivity contribution in [1.82, 2.24) is 19.2 Å². The molecule has 1 unspecified atom stereocenters. The van der Waals surface area contributed by atoms with Crippen molar-refractivity contribution in [2.75, 3.05) is 5.75 Å². The van der Waals surface area contributed by atoms with Crippen LogP contribution in [0.4, 0.5) is 0 Å². The van der Waals surface area contributed by atoms with Crippen LogP contribution in [0.1, 0.15) is 69.7 Å². The number of fused-ring (bicyclic) bond motifs is 5. The number of hydrogen-bond donors (Lipinski definition) is 0. The summed E-state index contributed by atoms with van der Waals surface area (Å²) in [6.07, 6.45) is 8.01. The van der Waals surface area contributed by atoms with Crippen molar-refractivity contribution in [3.05, 3.63) is 20.8 Å². The van der Waals surface area contributed by atoms with Gasteiger partial charge in [0, 0.05) is 24.1 Å². The predicted molar refractivity (Wildman–Crippen MR) is 120 cm³/mol. The van der Waals surface area contributed by atoms with Crippen LogP contribution in [-0.2, 0) is 24.8 Å². The van der Waals surface area contributed by atoms with Gasteiger partial charge in [0.05, 0.1) is 17.6 Å². The molecule has 0 saturated carbocycles. The number of ether oxygens (including phenoxy) is 1. The SMILES string of the molecule is CCCCCCCSc1nnc2n(C)c(=O)c3c4c(sc3n12)COC(C)(CC)C4. The Labute approximate surface area is 179 Å². The molecule has 0 amide bonds. The molecular weight excluding hydrogens is 404 g/mol. The lowest BCUT2D eigenvalue weighted by molar-refractivity contribution is -0.0543. The van der Waals surface area contributed by atoms with Crippen LogP contribution < -0.4 is 5.56 Å². The topological polar surface area (TPSA) is 61.4 Å². The molecule has 0 aromatic carbocycles. The average molecular weight is 435 g/mol. The molecule has 1 aliphatic heterocycles. The van der Waals surface area contributed by atoms with Gasteiger partial charge in [-0.05, 0) is 25.3 Å². The number of rotatable bonds is 8. The highest BCUT2D eigenvalue weighted by Crippen LogP contribution is 2.39. The van der Waals surface area contributed by atoms with E-state index in [0.29, 0.717) is 12.4 Å².